The van der Waals surface area contributed by atoms with Crippen molar-refractivity contribution in [3.63, 3.8) is 0 Å². The second kappa shape index (κ2) is 9.37. The van der Waals surface area contributed by atoms with Crippen molar-refractivity contribution in [2.45, 2.75) is 40.4 Å². The molecule has 8 heteroatoms. The highest BCUT2D eigenvalue weighted by atomic mass is 16.1. The summed E-state index contributed by atoms with van der Waals surface area (Å²) in [4.78, 5) is 16.8. The van der Waals surface area contributed by atoms with E-state index >= 15 is 0 Å². The molecule has 0 unspecified atom stereocenters. The van der Waals surface area contributed by atoms with E-state index in [2.05, 4.69) is 27.3 Å². The van der Waals surface area contributed by atoms with Crippen LogP contribution in [0, 0.1) is 25.2 Å². The number of nitrogens with zero attached hydrogens (tertiary/aromatic N) is 4. The number of anilines is 1. The van der Waals surface area contributed by atoms with E-state index in [4.69, 9.17) is 5.73 Å². The fourth-order valence-corrected chi connectivity index (χ4v) is 2.80. The molecule has 0 saturated heterocycles. The summed E-state index contributed by atoms with van der Waals surface area (Å²) < 4.78 is 1.53. The van der Waals surface area contributed by atoms with Crippen LogP contribution >= 0.6 is 0 Å². The predicted molar refractivity (Wildman–Crippen MR) is 108 cm³/mol. The number of pyridine rings is 1. The fourth-order valence-electron chi connectivity index (χ4n) is 2.80. The lowest BCUT2D eigenvalue weighted by atomic mass is 10.1. The third kappa shape index (κ3) is 4.98. The molecule has 0 radical (unpaired) electrons. The number of nitriles is 1. The van der Waals surface area contributed by atoms with Crippen molar-refractivity contribution in [1.82, 2.24) is 25.4 Å². The summed E-state index contributed by atoms with van der Waals surface area (Å²) in [5, 5.41) is 19.5. The molecule has 2 aromatic rings. The molecule has 4 N–H and O–H groups in total. The largest absolute Gasteiger partial charge is 0.384 e. The van der Waals surface area contributed by atoms with Gasteiger partial charge in [0, 0.05) is 24.1 Å². The van der Waals surface area contributed by atoms with E-state index in [1.807, 2.05) is 32.9 Å². The molecule has 0 aromatic carbocycles. The van der Waals surface area contributed by atoms with Crippen LogP contribution in [0.2, 0.25) is 0 Å². The lowest BCUT2D eigenvalue weighted by molar-refractivity contribution is 0.0950. The number of aryl methyl sites for hydroxylation is 2. The zero-order chi connectivity index (χ0) is 20.7. The first-order valence-electron chi connectivity index (χ1n) is 8.93. The van der Waals surface area contributed by atoms with Crippen molar-refractivity contribution in [3.8, 4) is 6.07 Å². The zero-order valence-corrected chi connectivity index (χ0v) is 16.4. The standard InChI is InChI=1S/C20H25N7O/c1-5-7-15(6-2)24-12-27-11-17(18(9-21)26-27)20(28)23-10-16-13(3)8-19(22)25-14(16)4/h5,7-8,11,24H,1,6,10,12H2,2-4H3,(H2,22,25)(H,23,28)/b15-7+. The van der Waals surface area contributed by atoms with E-state index in [0.29, 0.717) is 19.0 Å². The third-order valence-electron chi connectivity index (χ3n) is 4.28. The van der Waals surface area contributed by atoms with Gasteiger partial charge in [0.15, 0.2) is 5.69 Å². The monoisotopic (exact) mass is 379 g/mol. The van der Waals surface area contributed by atoms with Gasteiger partial charge >= 0.3 is 0 Å². The first-order valence-corrected chi connectivity index (χ1v) is 8.93. The van der Waals surface area contributed by atoms with Crippen LogP contribution in [-0.2, 0) is 13.2 Å². The molecule has 0 bridgehead atoms. The van der Waals surface area contributed by atoms with E-state index in [-0.39, 0.29) is 17.2 Å². The highest BCUT2D eigenvalue weighted by molar-refractivity contribution is 5.95. The molecule has 0 aliphatic rings. The van der Waals surface area contributed by atoms with Gasteiger partial charge in [-0.1, -0.05) is 19.6 Å². The number of carbonyl (C=O) groups excluding carboxylic acids is 1. The maximum atomic E-state index is 12.6. The number of allylic oxidation sites excluding steroid dienone is 3. The Balaban J connectivity index is 2.11. The van der Waals surface area contributed by atoms with Crippen molar-refractivity contribution in [1.29, 1.82) is 5.26 Å². The summed E-state index contributed by atoms with van der Waals surface area (Å²) in [5.41, 5.74) is 9.64. The van der Waals surface area contributed by atoms with Gasteiger partial charge in [-0.05, 0) is 43.5 Å². The van der Waals surface area contributed by atoms with Gasteiger partial charge in [0.25, 0.3) is 5.91 Å². The van der Waals surface area contributed by atoms with Crippen LogP contribution in [-0.4, -0.2) is 20.7 Å². The van der Waals surface area contributed by atoms with Crippen LogP contribution in [0.4, 0.5) is 5.82 Å². The van der Waals surface area contributed by atoms with Gasteiger partial charge in [-0.15, -0.1) is 0 Å². The Morgan fingerprint density at radius 3 is 2.79 bits per heavy atom. The predicted octanol–water partition coefficient (Wildman–Crippen LogP) is 2.31. The van der Waals surface area contributed by atoms with E-state index in [1.165, 1.54) is 4.68 Å². The summed E-state index contributed by atoms with van der Waals surface area (Å²) in [5.74, 6) is 0.0818. The maximum absolute atomic E-state index is 12.6. The van der Waals surface area contributed by atoms with Gasteiger partial charge in [-0.25, -0.2) is 4.98 Å². The maximum Gasteiger partial charge on any atom is 0.256 e. The van der Waals surface area contributed by atoms with Gasteiger partial charge in [0.05, 0.1) is 5.56 Å². The van der Waals surface area contributed by atoms with E-state index in [1.54, 1.807) is 18.3 Å². The lowest BCUT2D eigenvalue weighted by Gasteiger charge is -2.11. The molecule has 146 valence electrons. The van der Waals surface area contributed by atoms with Gasteiger partial charge in [-0.3, -0.25) is 9.48 Å². The summed E-state index contributed by atoms with van der Waals surface area (Å²) >= 11 is 0. The molecular weight excluding hydrogens is 354 g/mol. The average Bonchev–Trinajstić information content (AvgIpc) is 3.07. The Bertz CT molecular complexity index is 927. The highest BCUT2D eigenvalue weighted by Gasteiger charge is 2.17. The Kier molecular flexibility index (Phi) is 6.93. The number of hydrogen-bond acceptors (Lipinski definition) is 6. The van der Waals surface area contributed by atoms with Crippen LogP contribution < -0.4 is 16.4 Å². The number of aromatic nitrogens is 3. The molecule has 0 atom stereocenters. The summed E-state index contributed by atoms with van der Waals surface area (Å²) in [6, 6.07) is 3.74. The van der Waals surface area contributed by atoms with E-state index in [9.17, 15) is 10.1 Å². The summed E-state index contributed by atoms with van der Waals surface area (Å²) in [7, 11) is 0. The molecule has 0 aliphatic carbocycles. The Morgan fingerprint density at radius 1 is 1.43 bits per heavy atom. The van der Waals surface area contributed by atoms with Crippen molar-refractivity contribution < 1.29 is 4.79 Å². The molecule has 28 heavy (non-hydrogen) atoms. The Hall–Kier alpha value is -3.60. The molecule has 1 amide bonds. The minimum absolute atomic E-state index is 0.0777. The lowest BCUT2D eigenvalue weighted by Crippen LogP contribution is -2.24. The second-order valence-electron chi connectivity index (χ2n) is 6.27. The molecule has 0 fully saturated rings. The quantitative estimate of drug-likeness (QED) is 0.605. The number of amides is 1. The number of rotatable bonds is 8. The Labute approximate surface area is 164 Å². The van der Waals surface area contributed by atoms with Gasteiger partial charge in [-0.2, -0.15) is 10.4 Å². The summed E-state index contributed by atoms with van der Waals surface area (Å²) in [6.07, 6.45) is 5.93. The molecule has 2 heterocycles. The van der Waals surface area contributed by atoms with Gasteiger partial charge in [0.1, 0.15) is 18.6 Å². The van der Waals surface area contributed by atoms with Crippen LogP contribution in [0.15, 0.2) is 36.7 Å². The molecule has 0 spiro atoms. The minimum atomic E-state index is -0.365. The topological polar surface area (TPSA) is 122 Å². The van der Waals surface area contributed by atoms with E-state index in [0.717, 1.165) is 28.9 Å². The molecular formula is C20H25N7O. The first kappa shape index (κ1) is 20.7. The van der Waals surface area contributed by atoms with Crippen molar-refractivity contribution >= 4 is 11.7 Å². The number of nitrogen functional groups attached to an aromatic ring is 1. The number of hydrogen-bond donors (Lipinski definition) is 3. The van der Waals surface area contributed by atoms with Crippen molar-refractivity contribution in [2.75, 3.05) is 5.73 Å². The number of nitrogens with two attached hydrogens (primary N) is 1. The molecule has 0 aliphatic heterocycles. The first-order chi connectivity index (χ1) is 13.4. The van der Waals surface area contributed by atoms with Crippen molar-refractivity contribution in [3.05, 3.63) is 64.8 Å². The van der Waals surface area contributed by atoms with Crippen LogP contribution in [0.3, 0.4) is 0 Å². The highest BCUT2D eigenvalue weighted by Crippen LogP contribution is 2.15. The van der Waals surface area contributed by atoms with E-state index < -0.39 is 0 Å². The van der Waals surface area contributed by atoms with Gasteiger partial charge < -0.3 is 16.4 Å². The number of carbonyl (C=O) groups is 1. The van der Waals surface area contributed by atoms with Crippen LogP contribution in [0.1, 0.15) is 46.2 Å². The second-order valence-corrected chi connectivity index (χ2v) is 6.27. The van der Waals surface area contributed by atoms with Crippen LogP contribution in [0.25, 0.3) is 0 Å². The zero-order valence-electron chi connectivity index (χ0n) is 16.4. The molecule has 0 saturated carbocycles. The smallest absolute Gasteiger partial charge is 0.256 e. The average molecular weight is 379 g/mol. The number of nitrogens with one attached hydrogen (secondary N) is 2. The van der Waals surface area contributed by atoms with Crippen LogP contribution in [0.5, 0.6) is 0 Å². The minimum Gasteiger partial charge on any atom is -0.384 e. The SMILES string of the molecule is C=C/C=C(\CC)NCn1cc(C(=O)NCc2c(C)cc(N)nc2C)c(C#N)n1. The fraction of sp³-hybridized carbons (Fsp3) is 0.300. The summed E-state index contributed by atoms with van der Waals surface area (Å²) in [6.45, 7) is 10.1. The normalized spacial score (nSPS) is 11.0. The molecule has 2 rings (SSSR count). The third-order valence-corrected chi connectivity index (χ3v) is 4.28. The van der Waals surface area contributed by atoms with Crippen molar-refractivity contribution in [2.24, 2.45) is 0 Å². The molecule has 2 aromatic heterocycles. The van der Waals surface area contributed by atoms with Gasteiger partial charge in [0.2, 0.25) is 0 Å². The Morgan fingerprint density at radius 2 is 2.18 bits per heavy atom. The molecule has 8 nitrogen and oxygen atoms in total.